The molecule has 14 heavy (non-hydrogen) atoms. The van der Waals surface area contributed by atoms with E-state index < -0.39 is 0 Å². The van der Waals surface area contributed by atoms with E-state index in [1.165, 1.54) is 6.07 Å². The average molecular weight is 259 g/mol. The summed E-state index contributed by atoms with van der Waals surface area (Å²) in [5.41, 5.74) is 1.09. The number of hydrogen-bond acceptors (Lipinski definition) is 0. The molecule has 0 saturated carbocycles. The standard InChI is InChI=1S/C12H16BrF/c1-9(2)6-11(8-13)10-4-3-5-12(14)7-10/h3-5,7,9,11H,6,8H2,1-2H3. The van der Waals surface area contributed by atoms with Crippen LogP contribution in [0.1, 0.15) is 31.7 Å². The lowest BCUT2D eigenvalue weighted by molar-refractivity contribution is 0.526. The Morgan fingerprint density at radius 2 is 2.07 bits per heavy atom. The number of rotatable bonds is 4. The van der Waals surface area contributed by atoms with Gasteiger partial charge in [-0.25, -0.2) is 4.39 Å². The third kappa shape index (κ3) is 3.41. The monoisotopic (exact) mass is 258 g/mol. The van der Waals surface area contributed by atoms with E-state index in [4.69, 9.17) is 0 Å². The molecule has 0 fully saturated rings. The SMILES string of the molecule is CC(C)CC(CBr)c1cccc(F)c1. The Hall–Kier alpha value is -0.370. The van der Waals surface area contributed by atoms with Gasteiger partial charge in [-0.2, -0.15) is 0 Å². The van der Waals surface area contributed by atoms with Crippen LogP contribution in [0.15, 0.2) is 24.3 Å². The molecule has 1 atom stereocenters. The van der Waals surface area contributed by atoms with Gasteiger partial charge in [-0.1, -0.05) is 41.9 Å². The quantitative estimate of drug-likeness (QED) is 0.705. The van der Waals surface area contributed by atoms with E-state index >= 15 is 0 Å². The molecule has 78 valence electrons. The van der Waals surface area contributed by atoms with Gasteiger partial charge in [0.25, 0.3) is 0 Å². The van der Waals surface area contributed by atoms with Crippen LogP contribution in [0.2, 0.25) is 0 Å². The molecule has 0 aliphatic carbocycles. The fourth-order valence-corrected chi connectivity index (χ4v) is 2.26. The minimum atomic E-state index is -0.141. The summed E-state index contributed by atoms with van der Waals surface area (Å²) in [4.78, 5) is 0. The summed E-state index contributed by atoms with van der Waals surface area (Å²) >= 11 is 3.48. The molecule has 0 radical (unpaired) electrons. The number of alkyl halides is 1. The molecule has 0 aliphatic heterocycles. The molecule has 1 unspecified atom stereocenters. The Kier molecular flexibility index (Phi) is 4.59. The Labute approximate surface area is 93.7 Å². The molecule has 2 heteroatoms. The summed E-state index contributed by atoms with van der Waals surface area (Å²) in [7, 11) is 0. The van der Waals surface area contributed by atoms with Crippen molar-refractivity contribution in [1.29, 1.82) is 0 Å². The number of halogens is 2. The molecule has 1 aromatic rings. The first kappa shape index (κ1) is 11.7. The van der Waals surface area contributed by atoms with Crippen molar-refractivity contribution in [2.75, 3.05) is 5.33 Å². The Balaban J connectivity index is 2.78. The van der Waals surface area contributed by atoms with E-state index in [9.17, 15) is 4.39 Å². The molecule has 0 bridgehead atoms. The molecule has 1 aromatic carbocycles. The lowest BCUT2D eigenvalue weighted by atomic mass is 9.92. The summed E-state index contributed by atoms with van der Waals surface area (Å²) < 4.78 is 13.0. The predicted octanol–water partition coefficient (Wildman–Crippen LogP) is 4.35. The molecule has 0 aromatic heterocycles. The van der Waals surface area contributed by atoms with Gasteiger partial charge in [0.1, 0.15) is 5.82 Å². The van der Waals surface area contributed by atoms with Crippen LogP contribution in [0.3, 0.4) is 0 Å². The van der Waals surface area contributed by atoms with Crippen molar-refractivity contribution >= 4 is 15.9 Å². The molecule has 0 heterocycles. The average Bonchev–Trinajstić information content (AvgIpc) is 2.14. The maximum Gasteiger partial charge on any atom is 0.123 e. The first-order chi connectivity index (χ1) is 6.63. The molecule has 0 amide bonds. The molecular formula is C12H16BrF. The van der Waals surface area contributed by atoms with E-state index in [2.05, 4.69) is 29.8 Å². The number of hydrogen-bond donors (Lipinski definition) is 0. The van der Waals surface area contributed by atoms with Gasteiger partial charge in [0, 0.05) is 5.33 Å². The predicted molar refractivity (Wildman–Crippen MR) is 62.4 cm³/mol. The maximum atomic E-state index is 13.0. The van der Waals surface area contributed by atoms with E-state index in [-0.39, 0.29) is 5.82 Å². The largest absolute Gasteiger partial charge is 0.207 e. The smallest absolute Gasteiger partial charge is 0.123 e. The highest BCUT2D eigenvalue weighted by atomic mass is 79.9. The molecule has 0 nitrogen and oxygen atoms in total. The Morgan fingerprint density at radius 3 is 2.57 bits per heavy atom. The highest BCUT2D eigenvalue weighted by molar-refractivity contribution is 9.09. The fourth-order valence-electron chi connectivity index (χ4n) is 1.62. The fraction of sp³-hybridized carbons (Fsp3) is 0.500. The minimum absolute atomic E-state index is 0.141. The summed E-state index contributed by atoms with van der Waals surface area (Å²) in [6, 6.07) is 6.90. The van der Waals surface area contributed by atoms with Crippen molar-refractivity contribution in [1.82, 2.24) is 0 Å². The van der Waals surface area contributed by atoms with Crippen molar-refractivity contribution in [2.45, 2.75) is 26.2 Å². The van der Waals surface area contributed by atoms with Crippen LogP contribution in [0.4, 0.5) is 4.39 Å². The van der Waals surface area contributed by atoms with Crippen LogP contribution in [-0.4, -0.2) is 5.33 Å². The van der Waals surface area contributed by atoms with E-state index in [1.54, 1.807) is 12.1 Å². The van der Waals surface area contributed by atoms with Gasteiger partial charge in [0.15, 0.2) is 0 Å². The van der Waals surface area contributed by atoms with Crippen LogP contribution in [-0.2, 0) is 0 Å². The van der Waals surface area contributed by atoms with Gasteiger partial charge >= 0.3 is 0 Å². The molecule has 0 N–H and O–H groups in total. The second-order valence-corrected chi connectivity index (χ2v) is 4.68. The van der Waals surface area contributed by atoms with Gasteiger partial charge in [-0.05, 0) is 36.0 Å². The first-order valence-electron chi connectivity index (χ1n) is 4.95. The second-order valence-electron chi connectivity index (χ2n) is 4.04. The zero-order valence-electron chi connectivity index (χ0n) is 8.63. The van der Waals surface area contributed by atoms with Crippen LogP contribution < -0.4 is 0 Å². The first-order valence-corrected chi connectivity index (χ1v) is 6.07. The maximum absolute atomic E-state index is 13.0. The lowest BCUT2D eigenvalue weighted by Crippen LogP contribution is -2.04. The zero-order valence-corrected chi connectivity index (χ0v) is 10.2. The zero-order chi connectivity index (χ0) is 10.6. The Morgan fingerprint density at radius 1 is 1.36 bits per heavy atom. The van der Waals surface area contributed by atoms with Crippen LogP contribution in [0.5, 0.6) is 0 Å². The topological polar surface area (TPSA) is 0 Å². The van der Waals surface area contributed by atoms with Crippen molar-refractivity contribution in [3.8, 4) is 0 Å². The number of benzene rings is 1. The molecule has 0 saturated heterocycles. The summed E-state index contributed by atoms with van der Waals surface area (Å²) in [5, 5.41) is 0.897. The second kappa shape index (κ2) is 5.50. The highest BCUT2D eigenvalue weighted by Crippen LogP contribution is 2.25. The molecule has 0 aliphatic rings. The van der Waals surface area contributed by atoms with Crippen molar-refractivity contribution in [2.24, 2.45) is 5.92 Å². The van der Waals surface area contributed by atoms with Crippen LogP contribution in [0.25, 0.3) is 0 Å². The molecular weight excluding hydrogens is 243 g/mol. The normalized spacial score (nSPS) is 13.2. The van der Waals surface area contributed by atoms with Crippen molar-refractivity contribution in [3.63, 3.8) is 0 Å². The van der Waals surface area contributed by atoms with Crippen molar-refractivity contribution < 1.29 is 4.39 Å². The highest BCUT2D eigenvalue weighted by Gasteiger charge is 2.12. The summed E-state index contributed by atoms with van der Waals surface area (Å²) in [5.74, 6) is 0.920. The Bertz CT molecular complexity index is 283. The third-order valence-electron chi connectivity index (χ3n) is 2.26. The van der Waals surface area contributed by atoms with Crippen LogP contribution >= 0.6 is 15.9 Å². The van der Waals surface area contributed by atoms with Crippen molar-refractivity contribution in [3.05, 3.63) is 35.6 Å². The van der Waals surface area contributed by atoms with Gasteiger partial charge in [0.05, 0.1) is 0 Å². The van der Waals surface area contributed by atoms with E-state index in [0.29, 0.717) is 11.8 Å². The van der Waals surface area contributed by atoms with Gasteiger partial charge in [-0.3, -0.25) is 0 Å². The van der Waals surface area contributed by atoms with Crippen LogP contribution in [0, 0.1) is 11.7 Å². The molecule has 0 spiro atoms. The lowest BCUT2D eigenvalue weighted by Gasteiger charge is -2.16. The van der Waals surface area contributed by atoms with E-state index in [0.717, 1.165) is 17.3 Å². The summed E-state index contributed by atoms with van der Waals surface area (Å²) in [6.45, 7) is 4.38. The van der Waals surface area contributed by atoms with Gasteiger partial charge in [0.2, 0.25) is 0 Å². The summed E-state index contributed by atoms with van der Waals surface area (Å²) in [6.07, 6.45) is 1.09. The molecule has 1 rings (SSSR count). The van der Waals surface area contributed by atoms with Gasteiger partial charge in [-0.15, -0.1) is 0 Å². The van der Waals surface area contributed by atoms with Gasteiger partial charge < -0.3 is 0 Å². The third-order valence-corrected chi connectivity index (χ3v) is 3.04. The minimum Gasteiger partial charge on any atom is -0.207 e. The van der Waals surface area contributed by atoms with E-state index in [1.807, 2.05) is 6.07 Å².